The van der Waals surface area contributed by atoms with Crippen molar-refractivity contribution in [1.29, 1.82) is 0 Å². The molecule has 1 aromatic carbocycles. The van der Waals surface area contributed by atoms with Crippen LogP contribution < -0.4 is 9.64 Å². The van der Waals surface area contributed by atoms with Gasteiger partial charge in [-0.05, 0) is 56.9 Å². The third-order valence-corrected chi connectivity index (χ3v) is 4.23. The van der Waals surface area contributed by atoms with Gasteiger partial charge in [0.15, 0.2) is 0 Å². The van der Waals surface area contributed by atoms with Crippen LogP contribution in [0.3, 0.4) is 0 Å². The lowest BCUT2D eigenvalue weighted by atomic mass is 9.80. The van der Waals surface area contributed by atoms with E-state index in [-0.39, 0.29) is 5.92 Å². The molecule has 7 heteroatoms. The summed E-state index contributed by atoms with van der Waals surface area (Å²) in [7, 11) is 0. The molecule has 0 aliphatic carbocycles. The Hall–Kier alpha value is -1.76. The number of alkyl halides is 3. The van der Waals surface area contributed by atoms with Gasteiger partial charge < -0.3 is 14.4 Å². The van der Waals surface area contributed by atoms with Crippen LogP contribution in [0.25, 0.3) is 0 Å². The summed E-state index contributed by atoms with van der Waals surface area (Å²) in [6, 6.07) is 5.46. The summed E-state index contributed by atoms with van der Waals surface area (Å²) in [6.45, 7) is 6.27. The van der Waals surface area contributed by atoms with Gasteiger partial charge in [0.05, 0.1) is 6.61 Å². The van der Waals surface area contributed by atoms with Gasteiger partial charge in [-0.15, -0.1) is 0 Å². The van der Waals surface area contributed by atoms with E-state index < -0.39 is 30.8 Å². The topological polar surface area (TPSA) is 38.8 Å². The van der Waals surface area contributed by atoms with Crippen molar-refractivity contribution < 1.29 is 27.4 Å². The minimum absolute atomic E-state index is 0.200. The van der Waals surface area contributed by atoms with E-state index >= 15 is 0 Å². The van der Waals surface area contributed by atoms with E-state index in [0.717, 1.165) is 5.56 Å². The summed E-state index contributed by atoms with van der Waals surface area (Å²) in [5.74, 6) is 0.436. The number of hydrogen-bond acceptors (Lipinski definition) is 3. The zero-order chi connectivity index (χ0) is 18.8. The first-order chi connectivity index (χ1) is 11.5. The number of fused-ring (bicyclic) bond motifs is 1. The molecule has 1 aromatic rings. The lowest BCUT2D eigenvalue weighted by Crippen LogP contribution is -2.53. The second kappa shape index (κ2) is 7.23. The van der Waals surface area contributed by atoms with Crippen molar-refractivity contribution in [3.63, 3.8) is 0 Å². The summed E-state index contributed by atoms with van der Waals surface area (Å²) < 4.78 is 46.8. The molecule has 1 amide bonds. The molecule has 25 heavy (non-hydrogen) atoms. The van der Waals surface area contributed by atoms with Gasteiger partial charge in [-0.2, -0.15) is 13.2 Å². The fourth-order valence-corrected chi connectivity index (χ4v) is 3.45. The number of hydrogen-bond donors (Lipinski definition) is 0. The van der Waals surface area contributed by atoms with Crippen LogP contribution in [0.5, 0.6) is 5.75 Å². The number of amides is 1. The molecule has 1 aliphatic rings. The summed E-state index contributed by atoms with van der Waals surface area (Å²) in [4.78, 5) is 14.1. The summed E-state index contributed by atoms with van der Waals surface area (Å²) >= 11 is 0. The highest BCUT2D eigenvalue weighted by atomic mass is 19.4. The lowest BCUT2D eigenvalue weighted by Gasteiger charge is -2.46. The number of rotatable bonds is 5. The first-order valence-corrected chi connectivity index (χ1v) is 8.29. The van der Waals surface area contributed by atoms with Crippen LogP contribution in [0.15, 0.2) is 18.2 Å². The third-order valence-electron chi connectivity index (χ3n) is 4.23. The van der Waals surface area contributed by atoms with Gasteiger partial charge in [-0.25, -0.2) is 0 Å². The Morgan fingerprint density at radius 3 is 2.64 bits per heavy atom. The molecule has 0 bridgehead atoms. The van der Waals surface area contributed by atoms with Gasteiger partial charge >= 0.3 is 6.18 Å². The van der Waals surface area contributed by atoms with Crippen LogP contribution in [0.2, 0.25) is 0 Å². The van der Waals surface area contributed by atoms with Crippen LogP contribution in [0, 0.1) is 0 Å². The molecule has 140 valence electrons. The van der Waals surface area contributed by atoms with E-state index in [2.05, 4.69) is 11.7 Å². The Kier molecular flexibility index (Phi) is 5.66. The molecule has 1 aliphatic heterocycles. The van der Waals surface area contributed by atoms with Crippen LogP contribution >= 0.6 is 0 Å². The number of halogens is 3. The first-order valence-electron chi connectivity index (χ1n) is 8.29. The maximum absolute atomic E-state index is 12.6. The fraction of sp³-hybridized carbons (Fsp3) is 0.611. The number of carbonyl (C=O) groups excluding carboxylic acids is 1. The largest absolute Gasteiger partial charge is 0.494 e. The second-order valence-corrected chi connectivity index (χ2v) is 6.91. The molecular formula is C18H24F3NO3. The van der Waals surface area contributed by atoms with E-state index in [1.165, 1.54) is 0 Å². The maximum atomic E-state index is 12.6. The minimum atomic E-state index is -4.45. The molecule has 1 atom stereocenters. The molecule has 2 rings (SSSR count). The zero-order valence-electron chi connectivity index (χ0n) is 14.9. The molecule has 4 nitrogen and oxygen atoms in total. The highest BCUT2D eigenvalue weighted by Crippen LogP contribution is 2.44. The summed E-state index contributed by atoms with van der Waals surface area (Å²) in [5, 5.41) is 0. The number of nitrogens with zero attached hydrogens (tertiary/aromatic N) is 1. The van der Waals surface area contributed by atoms with E-state index in [1.807, 2.05) is 26.8 Å². The monoisotopic (exact) mass is 359 g/mol. The van der Waals surface area contributed by atoms with Crippen molar-refractivity contribution in [2.24, 2.45) is 0 Å². The maximum Gasteiger partial charge on any atom is 0.411 e. The Bertz CT molecular complexity index is 628. The minimum Gasteiger partial charge on any atom is -0.494 e. The normalized spacial score (nSPS) is 19.5. The summed E-state index contributed by atoms with van der Waals surface area (Å²) in [6.07, 6.45) is -3.75. The average Bonchev–Trinajstić information content (AvgIpc) is 2.46. The van der Waals surface area contributed by atoms with Gasteiger partial charge in [0.1, 0.15) is 19.0 Å². The number of anilines is 1. The van der Waals surface area contributed by atoms with Gasteiger partial charge in [-0.3, -0.25) is 4.79 Å². The number of benzene rings is 1. The van der Waals surface area contributed by atoms with Crippen molar-refractivity contribution in [1.82, 2.24) is 0 Å². The summed E-state index contributed by atoms with van der Waals surface area (Å²) in [5.41, 5.74) is 1.14. The molecule has 0 saturated heterocycles. The fourth-order valence-electron chi connectivity index (χ4n) is 3.45. The molecule has 1 unspecified atom stereocenters. The first kappa shape index (κ1) is 19.6. The number of carbonyl (C=O) groups is 1. The van der Waals surface area contributed by atoms with Gasteiger partial charge in [-0.1, -0.05) is 6.92 Å². The SMILES string of the molecule is CCOc1ccc2c(c1)C(C)CC(C)(C)N2C(=O)COCC(F)(F)F. The van der Waals surface area contributed by atoms with E-state index in [9.17, 15) is 18.0 Å². The molecular weight excluding hydrogens is 335 g/mol. The van der Waals surface area contributed by atoms with Crippen LogP contribution in [-0.2, 0) is 9.53 Å². The molecule has 0 radical (unpaired) electrons. The van der Waals surface area contributed by atoms with Gasteiger partial charge in [0, 0.05) is 11.2 Å². The lowest BCUT2D eigenvalue weighted by molar-refractivity contribution is -0.175. The Balaban J connectivity index is 2.27. The smallest absolute Gasteiger partial charge is 0.411 e. The Morgan fingerprint density at radius 1 is 1.36 bits per heavy atom. The van der Waals surface area contributed by atoms with Gasteiger partial charge in [0.25, 0.3) is 5.91 Å². The van der Waals surface area contributed by atoms with E-state index in [0.29, 0.717) is 24.5 Å². The van der Waals surface area contributed by atoms with Crippen LogP contribution in [0.4, 0.5) is 18.9 Å². The van der Waals surface area contributed by atoms with Crippen molar-refractivity contribution in [2.45, 2.75) is 51.7 Å². The third kappa shape index (κ3) is 4.66. The Labute approximate surface area is 145 Å². The molecule has 0 N–H and O–H groups in total. The quantitative estimate of drug-likeness (QED) is 0.788. The number of ether oxygens (including phenoxy) is 2. The molecule has 0 fully saturated rings. The van der Waals surface area contributed by atoms with Crippen molar-refractivity contribution in [2.75, 3.05) is 24.7 Å². The average molecular weight is 359 g/mol. The van der Waals surface area contributed by atoms with Gasteiger partial charge in [0.2, 0.25) is 0 Å². The predicted molar refractivity (Wildman–Crippen MR) is 89.1 cm³/mol. The molecule has 0 spiro atoms. The molecule has 0 saturated carbocycles. The van der Waals surface area contributed by atoms with Crippen LogP contribution in [0.1, 0.15) is 45.6 Å². The standard InChI is InChI=1S/C18H24F3NO3/c1-5-25-13-6-7-15-14(8-13)12(2)9-17(3,4)22(15)16(23)10-24-11-18(19,20)21/h6-8,12H,5,9-11H2,1-4H3. The van der Waals surface area contributed by atoms with E-state index in [4.69, 9.17) is 4.74 Å². The van der Waals surface area contributed by atoms with Crippen LogP contribution in [-0.4, -0.2) is 37.4 Å². The second-order valence-electron chi connectivity index (χ2n) is 6.91. The molecule has 1 heterocycles. The van der Waals surface area contributed by atoms with Crippen molar-refractivity contribution >= 4 is 11.6 Å². The van der Waals surface area contributed by atoms with Crippen molar-refractivity contribution in [3.8, 4) is 5.75 Å². The zero-order valence-corrected chi connectivity index (χ0v) is 14.9. The van der Waals surface area contributed by atoms with Crippen molar-refractivity contribution in [3.05, 3.63) is 23.8 Å². The predicted octanol–water partition coefficient (Wildman–Crippen LogP) is 4.28. The Morgan fingerprint density at radius 2 is 2.04 bits per heavy atom. The highest BCUT2D eigenvalue weighted by Gasteiger charge is 2.40. The highest BCUT2D eigenvalue weighted by molar-refractivity contribution is 5.97. The molecule has 0 aromatic heterocycles. The van der Waals surface area contributed by atoms with E-state index in [1.54, 1.807) is 17.0 Å².